The minimum Gasteiger partial charge on any atom is -0.361 e. The van der Waals surface area contributed by atoms with E-state index in [-0.39, 0.29) is 5.91 Å². The molecule has 2 N–H and O–H groups in total. The molecule has 1 aromatic carbocycles. The zero-order valence-corrected chi connectivity index (χ0v) is 9.85. The highest BCUT2D eigenvalue weighted by molar-refractivity contribution is 6.12. The molecular formula is C14H10FN3O. The highest BCUT2D eigenvalue weighted by atomic mass is 19.1. The molecule has 3 aromatic rings. The molecule has 0 spiro atoms. The van der Waals surface area contributed by atoms with Crippen LogP contribution in [0.3, 0.4) is 0 Å². The molecule has 94 valence electrons. The van der Waals surface area contributed by atoms with Crippen LogP contribution in [0.2, 0.25) is 0 Å². The number of nitrogens with one attached hydrogen (secondary N) is 2. The lowest BCUT2D eigenvalue weighted by Gasteiger charge is -2.05. The minimum atomic E-state index is -0.439. The third-order valence-corrected chi connectivity index (χ3v) is 2.81. The summed E-state index contributed by atoms with van der Waals surface area (Å²) in [5.41, 5.74) is 1.43. The maximum Gasteiger partial charge on any atom is 0.257 e. The predicted octanol–water partition coefficient (Wildman–Crippen LogP) is 2.95. The zero-order valence-electron chi connectivity index (χ0n) is 9.85. The summed E-state index contributed by atoms with van der Waals surface area (Å²) in [6.45, 7) is 0. The maximum absolute atomic E-state index is 12.7. The van der Waals surface area contributed by atoms with Gasteiger partial charge in [0.1, 0.15) is 11.6 Å². The maximum atomic E-state index is 12.7. The van der Waals surface area contributed by atoms with Crippen LogP contribution in [-0.4, -0.2) is 15.9 Å². The monoisotopic (exact) mass is 255 g/mol. The summed E-state index contributed by atoms with van der Waals surface area (Å²) in [5, 5.41) is 3.47. The standard InChI is InChI=1S/C14H10FN3O/c15-9-4-5-13(17-8-9)18-14(19)11-2-1-3-12-10(11)6-7-16-12/h1-8,16H,(H,17,18,19). The van der Waals surface area contributed by atoms with Crippen LogP contribution in [0.1, 0.15) is 10.4 Å². The molecule has 0 aliphatic carbocycles. The van der Waals surface area contributed by atoms with Gasteiger partial charge in [-0.15, -0.1) is 0 Å². The Balaban J connectivity index is 1.92. The van der Waals surface area contributed by atoms with Crippen molar-refractivity contribution in [3.8, 4) is 0 Å². The van der Waals surface area contributed by atoms with Gasteiger partial charge < -0.3 is 10.3 Å². The van der Waals surface area contributed by atoms with E-state index >= 15 is 0 Å². The fraction of sp³-hybridized carbons (Fsp3) is 0. The fourth-order valence-corrected chi connectivity index (χ4v) is 1.92. The van der Waals surface area contributed by atoms with Gasteiger partial charge in [-0.1, -0.05) is 6.07 Å². The second kappa shape index (κ2) is 4.53. The van der Waals surface area contributed by atoms with Crippen molar-refractivity contribution in [3.05, 3.63) is 60.2 Å². The molecule has 1 amide bonds. The molecule has 2 aromatic heterocycles. The van der Waals surface area contributed by atoms with E-state index in [0.29, 0.717) is 11.4 Å². The number of rotatable bonds is 2. The number of hydrogen-bond donors (Lipinski definition) is 2. The molecule has 2 heterocycles. The quantitative estimate of drug-likeness (QED) is 0.739. The van der Waals surface area contributed by atoms with Gasteiger partial charge >= 0.3 is 0 Å². The molecule has 0 aliphatic heterocycles. The van der Waals surface area contributed by atoms with Gasteiger partial charge in [0.2, 0.25) is 0 Å². The molecule has 0 bridgehead atoms. The van der Waals surface area contributed by atoms with Crippen LogP contribution in [-0.2, 0) is 0 Å². The number of aromatic amines is 1. The third-order valence-electron chi connectivity index (χ3n) is 2.81. The average molecular weight is 255 g/mol. The average Bonchev–Trinajstić information content (AvgIpc) is 2.89. The number of anilines is 1. The van der Waals surface area contributed by atoms with Gasteiger partial charge in [0, 0.05) is 22.7 Å². The summed E-state index contributed by atoms with van der Waals surface area (Å²) in [6, 6.07) is 9.93. The summed E-state index contributed by atoms with van der Waals surface area (Å²) in [7, 11) is 0. The Hall–Kier alpha value is -2.69. The van der Waals surface area contributed by atoms with E-state index in [1.54, 1.807) is 18.3 Å². The summed E-state index contributed by atoms with van der Waals surface area (Å²) < 4.78 is 12.7. The number of carbonyl (C=O) groups excluding carboxylic acids is 1. The molecule has 0 atom stereocenters. The van der Waals surface area contributed by atoms with Crippen molar-refractivity contribution in [2.45, 2.75) is 0 Å². The van der Waals surface area contributed by atoms with Gasteiger partial charge in [-0.05, 0) is 30.3 Å². The SMILES string of the molecule is O=C(Nc1ccc(F)cn1)c1cccc2[nH]ccc12. The molecule has 19 heavy (non-hydrogen) atoms. The van der Waals surface area contributed by atoms with Gasteiger partial charge in [-0.25, -0.2) is 9.37 Å². The summed E-state index contributed by atoms with van der Waals surface area (Å²) in [5.74, 6) is -0.394. The number of amides is 1. The number of carbonyl (C=O) groups is 1. The number of hydrogen-bond acceptors (Lipinski definition) is 2. The molecule has 4 nitrogen and oxygen atoms in total. The van der Waals surface area contributed by atoms with Crippen LogP contribution in [0, 0.1) is 5.82 Å². The Kier molecular flexibility index (Phi) is 2.72. The van der Waals surface area contributed by atoms with Crippen molar-refractivity contribution in [2.75, 3.05) is 5.32 Å². The van der Waals surface area contributed by atoms with Crippen molar-refractivity contribution in [3.63, 3.8) is 0 Å². The number of H-pyrrole nitrogens is 1. The van der Waals surface area contributed by atoms with E-state index in [1.807, 2.05) is 12.1 Å². The van der Waals surface area contributed by atoms with E-state index < -0.39 is 5.82 Å². The summed E-state index contributed by atoms with van der Waals surface area (Å²) in [4.78, 5) is 19.0. The van der Waals surface area contributed by atoms with E-state index in [4.69, 9.17) is 0 Å². The van der Waals surface area contributed by atoms with Gasteiger partial charge in [-0.2, -0.15) is 0 Å². The Labute approximate surface area is 108 Å². The molecule has 0 saturated heterocycles. The summed E-state index contributed by atoms with van der Waals surface area (Å²) >= 11 is 0. The molecule has 0 unspecified atom stereocenters. The van der Waals surface area contributed by atoms with Crippen LogP contribution in [0.25, 0.3) is 10.9 Å². The van der Waals surface area contributed by atoms with E-state index in [2.05, 4.69) is 15.3 Å². The Morgan fingerprint density at radius 2 is 2.11 bits per heavy atom. The lowest BCUT2D eigenvalue weighted by Crippen LogP contribution is -2.13. The second-order valence-electron chi connectivity index (χ2n) is 4.06. The fourth-order valence-electron chi connectivity index (χ4n) is 1.92. The number of aromatic nitrogens is 2. The van der Waals surface area contributed by atoms with Crippen LogP contribution in [0.15, 0.2) is 48.8 Å². The van der Waals surface area contributed by atoms with Crippen LogP contribution in [0.4, 0.5) is 10.2 Å². The van der Waals surface area contributed by atoms with Crippen LogP contribution >= 0.6 is 0 Å². The third kappa shape index (κ3) is 2.18. The molecular weight excluding hydrogens is 245 g/mol. The number of nitrogens with zero attached hydrogens (tertiary/aromatic N) is 1. The van der Waals surface area contributed by atoms with Crippen molar-refractivity contribution in [1.82, 2.24) is 9.97 Å². The first-order valence-corrected chi connectivity index (χ1v) is 5.73. The Morgan fingerprint density at radius 3 is 2.89 bits per heavy atom. The first kappa shape index (κ1) is 11.4. The number of pyridine rings is 1. The first-order valence-electron chi connectivity index (χ1n) is 5.73. The highest BCUT2D eigenvalue weighted by Gasteiger charge is 2.11. The Bertz CT molecular complexity index is 734. The Morgan fingerprint density at radius 1 is 1.21 bits per heavy atom. The minimum absolute atomic E-state index is 0.274. The number of halogens is 1. The van der Waals surface area contributed by atoms with E-state index in [9.17, 15) is 9.18 Å². The molecule has 0 fully saturated rings. The topological polar surface area (TPSA) is 57.8 Å². The normalized spacial score (nSPS) is 10.6. The molecule has 0 radical (unpaired) electrons. The van der Waals surface area contributed by atoms with E-state index in [1.165, 1.54) is 12.1 Å². The molecule has 3 rings (SSSR count). The lowest BCUT2D eigenvalue weighted by molar-refractivity contribution is 0.102. The number of fused-ring (bicyclic) bond motifs is 1. The smallest absolute Gasteiger partial charge is 0.257 e. The van der Waals surface area contributed by atoms with Gasteiger partial charge in [0.15, 0.2) is 0 Å². The molecule has 5 heteroatoms. The van der Waals surface area contributed by atoms with Crippen LogP contribution < -0.4 is 5.32 Å². The van der Waals surface area contributed by atoms with Crippen molar-refractivity contribution in [2.24, 2.45) is 0 Å². The van der Waals surface area contributed by atoms with Gasteiger partial charge in [0.25, 0.3) is 5.91 Å². The second-order valence-corrected chi connectivity index (χ2v) is 4.06. The van der Waals surface area contributed by atoms with Gasteiger partial charge in [0.05, 0.1) is 6.20 Å². The molecule has 0 aliphatic rings. The summed E-state index contributed by atoms with van der Waals surface area (Å²) in [6.07, 6.45) is 2.84. The number of benzene rings is 1. The zero-order chi connectivity index (χ0) is 13.2. The predicted molar refractivity (Wildman–Crippen MR) is 70.4 cm³/mol. The molecule has 0 saturated carbocycles. The van der Waals surface area contributed by atoms with Crippen molar-refractivity contribution in [1.29, 1.82) is 0 Å². The van der Waals surface area contributed by atoms with Crippen molar-refractivity contribution < 1.29 is 9.18 Å². The first-order chi connectivity index (χ1) is 9.24. The highest BCUT2D eigenvalue weighted by Crippen LogP contribution is 2.18. The largest absolute Gasteiger partial charge is 0.361 e. The van der Waals surface area contributed by atoms with Crippen molar-refractivity contribution >= 4 is 22.6 Å². The van der Waals surface area contributed by atoms with Crippen LogP contribution in [0.5, 0.6) is 0 Å². The van der Waals surface area contributed by atoms with E-state index in [0.717, 1.165) is 17.1 Å². The van der Waals surface area contributed by atoms with Gasteiger partial charge in [-0.3, -0.25) is 4.79 Å². The lowest BCUT2D eigenvalue weighted by atomic mass is 10.1.